The minimum atomic E-state index is 0.637. The fraction of sp³-hybridized carbons (Fsp3) is 0.111. The molecule has 0 aromatic carbocycles. The molecule has 0 amide bonds. The summed E-state index contributed by atoms with van der Waals surface area (Å²) in [5.41, 5.74) is 2.55. The molecule has 0 atom stereocenters. The maximum absolute atomic E-state index is 5.36. The van der Waals surface area contributed by atoms with E-state index in [1.807, 2.05) is 23.8 Å². The van der Waals surface area contributed by atoms with Gasteiger partial charge in [0.1, 0.15) is 10.8 Å². The molecule has 2 heterocycles. The zero-order valence-corrected chi connectivity index (χ0v) is 11.0. The predicted molar refractivity (Wildman–Crippen MR) is 70.1 cm³/mol. The number of hydrazine groups is 1. The normalized spacial score (nSPS) is 10.4. The number of nitrogens with two attached hydrogens (primary N) is 1. The molecule has 3 N–H and O–H groups in total. The number of anilines is 1. The quantitative estimate of drug-likeness (QED) is 0.293. The minimum Gasteiger partial charge on any atom is -0.308 e. The molecule has 0 unspecified atom stereocenters. The van der Waals surface area contributed by atoms with E-state index in [9.17, 15) is 0 Å². The van der Waals surface area contributed by atoms with Crippen LogP contribution in [-0.2, 0) is 0 Å². The molecule has 16 heavy (non-hydrogen) atoms. The Kier molecular flexibility index (Phi) is 4.05. The molecule has 0 aliphatic heterocycles. The maximum Gasteiger partial charge on any atom is 0.190 e. The topological polar surface area (TPSA) is 63.8 Å². The molecule has 2 aromatic heterocycles. The van der Waals surface area contributed by atoms with Gasteiger partial charge in [0.2, 0.25) is 0 Å². The third-order valence-electron chi connectivity index (χ3n) is 1.71. The van der Waals surface area contributed by atoms with Crippen molar-refractivity contribution in [3.8, 4) is 0 Å². The lowest BCUT2D eigenvalue weighted by atomic mass is 10.6. The highest BCUT2D eigenvalue weighted by Crippen LogP contribution is 2.31. The number of thiophene rings is 1. The number of nitrogens with one attached hydrogen (secondary N) is 1. The van der Waals surface area contributed by atoms with E-state index in [1.165, 1.54) is 16.0 Å². The zero-order valence-electron chi connectivity index (χ0n) is 8.51. The molecular weight excluding hydrogens is 260 g/mol. The van der Waals surface area contributed by atoms with Crippen LogP contribution in [0.2, 0.25) is 0 Å². The van der Waals surface area contributed by atoms with E-state index in [0.717, 1.165) is 10.2 Å². The second-order valence-corrected chi connectivity index (χ2v) is 5.80. The minimum absolute atomic E-state index is 0.637. The Labute approximate surface area is 106 Å². The summed E-state index contributed by atoms with van der Waals surface area (Å²) in [6.45, 7) is 0. The standard InChI is InChI=1S/C9H10N4S3/c1-14-9-11-6(13-10)5-7(12-9)16-8-3-2-4-15-8/h2-5H,10H2,1H3,(H,11,12,13). The number of nitrogen functional groups attached to an aromatic ring is 1. The van der Waals surface area contributed by atoms with Crippen LogP contribution in [-0.4, -0.2) is 16.2 Å². The van der Waals surface area contributed by atoms with E-state index in [4.69, 9.17) is 5.84 Å². The number of hydrogen-bond donors (Lipinski definition) is 2. The third-order valence-corrected chi connectivity index (χ3v) is 4.22. The first-order valence-corrected chi connectivity index (χ1v) is 7.35. The van der Waals surface area contributed by atoms with Crippen LogP contribution in [0.15, 0.2) is 38.0 Å². The Bertz CT molecular complexity index is 436. The van der Waals surface area contributed by atoms with E-state index in [1.54, 1.807) is 23.1 Å². The molecular formula is C9H10N4S3. The molecule has 0 bridgehead atoms. The molecule has 0 spiro atoms. The van der Waals surface area contributed by atoms with Crippen molar-refractivity contribution in [3.63, 3.8) is 0 Å². The van der Waals surface area contributed by atoms with Crippen molar-refractivity contribution in [3.05, 3.63) is 23.6 Å². The van der Waals surface area contributed by atoms with E-state index in [0.29, 0.717) is 5.82 Å². The Morgan fingerprint density at radius 3 is 2.94 bits per heavy atom. The van der Waals surface area contributed by atoms with Gasteiger partial charge < -0.3 is 5.43 Å². The van der Waals surface area contributed by atoms with Crippen molar-refractivity contribution in [1.29, 1.82) is 0 Å². The molecule has 4 nitrogen and oxygen atoms in total. The van der Waals surface area contributed by atoms with Crippen LogP contribution in [0.1, 0.15) is 0 Å². The molecule has 84 valence electrons. The molecule has 0 radical (unpaired) electrons. The highest BCUT2D eigenvalue weighted by Gasteiger charge is 2.05. The van der Waals surface area contributed by atoms with Gasteiger partial charge in [-0.2, -0.15) is 0 Å². The largest absolute Gasteiger partial charge is 0.308 e. The Morgan fingerprint density at radius 1 is 1.44 bits per heavy atom. The van der Waals surface area contributed by atoms with Gasteiger partial charge in [-0.1, -0.05) is 29.6 Å². The Morgan fingerprint density at radius 2 is 2.31 bits per heavy atom. The van der Waals surface area contributed by atoms with Gasteiger partial charge >= 0.3 is 0 Å². The fourth-order valence-electron chi connectivity index (χ4n) is 1.05. The van der Waals surface area contributed by atoms with Crippen LogP contribution in [0.5, 0.6) is 0 Å². The van der Waals surface area contributed by atoms with E-state index < -0.39 is 0 Å². The van der Waals surface area contributed by atoms with E-state index >= 15 is 0 Å². The highest BCUT2D eigenvalue weighted by molar-refractivity contribution is 8.01. The summed E-state index contributed by atoms with van der Waals surface area (Å²) in [4.78, 5) is 8.61. The first kappa shape index (κ1) is 11.7. The van der Waals surface area contributed by atoms with Crippen LogP contribution in [0.25, 0.3) is 0 Å². The molecule has 0 saturated heterocycles. The molecule has 0 aliphatic carbocycles. The smallest absolute Gasteiger partial charge is 0.190 e. The first-order chi connectivity index (χ1) is 7.81. The number of hydrogen-bond acceptors (Lipinski definition) is 7. The monoisotopic (exact) mass is 270 g/mol. The van der Waals surface area contributed by atoms with Crippen LogP contribution in [0, 0.1) is 0 Å². The average molecular weight is 270 g/mol. The SMILES string of the molecule is CSc1nc(NN)cc(Sc2cccs2)n1. The van der Waals surface area contributed by atoms with Crippen LogP contribution >= 0.6 is 34.9 Å². The molecule has 7 heteroatoms. The highest BCUT2D eigenvalue weighted by atomic mass is 32.2. The Balaban J connectivity index is 2.26. The number of thioether (sulfide) groups is 1. The third kappa shape index (κ3) is 2.88. The van der Waals surface area contributed by atoms with Crippen molar-refractivity contribution in [2.24, 2.45) is 5.84 Å². The molecule has 0 fully saturated rings. The molecule has 0 saturated carbocycles. The summed E-state index contributed by atoms with van der Waals surface area (Å²) in [6, 6.07) is 5.92. The number of nitrogens with zero attached hydrogens (tertiary/aromatic N) is 2. The van der Waals surface area contributed by atoms with Gasteiger partial charge in [0.25, 0.3) is 0 Å². The number of rotatable bonds is 4. The van der Waals surface area contributed by atoms with Gasteiger partial charge in [0.05, 0.1) is 4.21 Å². The lowest BCUT2D eigenvalue weighted by molar-refractivity contribution is 0.894. The molecule has 0 aliphatic rings. The van der Waals surface area contributed by atoms with Crippen molar-refractivity contribution in [2.75, 3.05) is 11.7 Å². The van der Waals surface area contributed by atoms with Crippen LogP contribution < -0.4 is 11.3 Å². The van der Waals surface area contributed by atoms with Crippen LogP contribution in [0.4, 0.5) is 5.82 Å². The second kappa shape index (κ2) is 5.53. The van der Waals surface area contributed by atoms with Gasteiger partial charge in [-0.25, -0.2) is 15.8 Å². The van der Waals surface area contributed by atoms with Gasteiger partial charge in [0, 0.05) is 6.07 Å². The molecule has 2 aromatic rings. The zero-order chi connectivity index (χ0) is 11.4. The fourth-order valence-corrected chi connectivity index (χ4v) is 3.20. The summed E-state index contributed by atoms with van der Waals surface area (Å²) in [6.07, 6.45) is 1.94. The predicted octanol–water partition coefficient (Wildman–Crippen LogP) is 2.70. The molecule has 2 rings (SSSR count). The van der Waals surface area contributed by atoms with Gasteiger partial charge in [0.15, 0.2) is 5.16 Å². The van der Waals surface area contributed by atoms with E-state index in [-0.39, 0.29) is 0 Å². The lowest BCUT2D eigenvalue weighted by Crippen LogP contribution is -2.09. The lowest BCUT2D eigenvalue weighted by Gasteiger charge is -2.04. The summed E-state index contributed by atoms with van der Waals surface area (Å²) in [7, 11) is 0. The van der Waals surface area contributed by atoms with Crippen molar-refractivity contribution in [1.82, 2.24) is 9.97 Å². The van der Waals surface area contributed by atoms with Crippen LogP contribution in [0.3, 0.4) is 0 Å². The van der Waals surface area contributed by atoms with Gasteiger partial charge in [-0.3, -0.25) is 0 Å². The van der Waals surface area contributed by atoms with E-state index in [2.05, 4.69) is 21.5 Å². The summed E-state index contributed by atoms with van der Waals surface area (Å²) < 4.78 is 1.20. The van der Waals surface area contributed by atoms with Crippen molar-refractivity contribution < 1.29 is 0 Å². The summed E-state index contributed by atoms with van der Waals surface area (Å²) in [5.74, 6) is 6.00. The average Bonchev–Trinajstić information content (AvgIpc) is 2.81. The number of aromatic nitrogens is 2. The maximum atomic E-state index is 5.36. The van der Waals surface area contributed by atoms with Gasteiger partial charge in [-0.05, 0) is 17.7 Å². The summed E-state index contributed by atoms with van der Waals surface area (Å²) >= 11 is 4.80. The Hall–Kier alpha value is -0.760. The van der Waals surface area contributed by atoms with Gasteiger partial charge in [-0.15, -0.1) is 11.3 Å². The van der Waals surface area contributed by atoms with Crippen molar-refractivity contribution >= 4 is 40.7 Å². The summed E-state index contributed by atoms with van der Waals surface area (Å²) in [5, 5.41) is 3.66. The second-order valence-electron chi connectivity index (χ2n) is 2.76. The van der Waals surface area contributed by atoms with Crippen molar-refractivity contribution in [2.45, 2.75) is 14.4 Å². The first-order valence-electron chi connectivity index (χ1n) is 4.43.